The van der Waals surface area contributed by atoms with Gasteiger partial charge in [0.1, 0.15) is 23.1 Å². The lowest BCUT2D eigenvalue weighted by Crippen LogP contribution is -2.15. The van der Waals surface area contributed by atoms with Gasteiger partial charge in [-0.1, -0.05) is 6.07 Å². The van der Waals surface area contributed by atoms with Gasteiger partial charge in [0.05, 0.1) is 31.2 Å². The molecule has 30 heavy (non-hydrogen) atoms. The lowest BCUT2D eigenvalue weighted by molar-refractivity contribution is -0.151. The second kappa shape index (κ2) is 8.77. The van der Waals surface area contributed by atoms with Crippen molar-refractivity contribution < 1.29 is 33.0 Å². The van der Waals surface area contributed by atoms with Crippen LogP contribution in [0.1, 0.15) is 18.1 Å². The Morgan fingerprint density at radius 1 is 1.20 bits per heavy atom. The van der Waals surface area contributed by atoms with Crippen LogP contribution < -0.4 is 4.74 Å². The van der Waals surface area contributed by atoms with E-state index in [-0.39, 0.29) is 24.3 Å². The number of fused-ring (bicyclic) bond motifs is 1. The minimum absolute atomic E-state index is 0.0194. The van der Waals surface area contributed by atoms with Crippen LogP contribution in [-0.4, -0.2) is 35.1 Å². The summed E-state index contributed by atoms with van der Waals surface area (Å²) in [7, 11) is 1.44. The van der Waals surface area contributed by atoms with Crippen molar-refractivity contribution in [2.45, 2.75) is 13.5 Å². The third-order valence-electron chi connectivity index (χ3n) is 4.46. The summed E-state index contributed by atoms with van der Waals surface area (Å²) in [5.74, 6) is -3.38. The van der Waals surface area contributed by atoms with E-state index in [4.69, 9.17) is 4.74 Å². The van der Waals surface area contributed by atoms with E-state index in [1.165, 1.54) is 13.3 Å². The Morgan fingerprint density at radius 2 is 1.97 bits per heavy atom. The van der Waals surface area contributed by atoms with Gasteiger partial charge in [-0.3, -0.25) is 4.79 Å². The van der Waals surface area contributed by atoms with Crippen molar-refractivity contribution in [3.63, 3.8) is 0 Å². The third kappa shape index (κ3) is 4.17. The van der Waals surface area contributed by atoms with Crippen LogP contribution >= 0.6 is 0 Å². The van der Waals surface area contributed by atoms with Crippen molar-refractivity contribution in [2.75, 3.05) is 13.7 Å². The Morgan fingerprint density at radius 3 is 2.67 bits per heavy atom. The molecule has 2 aromatic carbocycles. The fourth-order valence-corrected chi connectivity index (χ4v) is 3.13. The van der Waals surface area contributed by atoms with Gasteiger partial charge < -0.3 is 19.1 Å². The molecule has 1 aromatic heterocycles. The molecule has 0 unspecified atom stereocenters. The van der Waals surface area contributed by atoms with Crippen molar-refractivity contribution in [1.29, 1.82) is 0 Å². The number of esters is 1. The summed E-state index contributed by atoms with van der Waals surface area (Å²) < 4.78 is 39.3. The molecular formula is C22H19F2NO5. The molecule has 0 bridgehead atoms. The number of hydrogen-bond acceptors (Lipinski definition) is 5. The maximum atomic E-state index is 14.1. The molecule has 1 heterocycles. The average molecular weight is 415 g/mol. The summed E-state index contributed by atoms with van der Waals surface area (Å²) in [5.41, 5.74) is 0.848. The highest BCUT2D eigenvalue weighted by Crippen LogP contribution is 2.34. The molecule has 0 spiro atoms. The molecule has 6 nitrogen and oxygen atoms in total. The first-order valence-electron chi connectivity index (χ1n) is 9.07. The van der Waals surface area contributed by atoms with Crippen molar-refractivity contribution in [3.8, 4) is 5.75 Å². The molecule has 3 rings (SSSR count). The number of ketones is 1. The Hall–Kier alpha value is -3.68. The number of aliphatic hydroxyl groups is 1. The summed E-state index contributed by atoms with van der Waals surface area (Å²) >= 11 is 0. The highest BCUT2D eigenvalue weighted by atomic mass is 19.1. The standard InChI is InChI=1S/C22H19F2NO5/c1-3-30-22(28)19(27)10-18(26)15-12-25(11-13-9-14(23)7-8-16(13)24)17-5-4-6-20(29-2)21(15)17/h4-10,12,26H,3,11H2,1-2H3/b18-10-. The molecule has 3 aromatic rings. The second-order valence-corrected chi connectivity index (χ2v) is 6.38. The first kappa shape index (κ1) is 21.0. The highest BCUT2D eigenvalue weighted by Gasteiger charge is 2.20. The quantitative estimate of drug-likeness (QED) is 0.273. The van der Waals surface area contributed by atoms with Gasteiger partial charge >= 0.3 is 5.97 Å². The number of aromatic nitrogens is 1. The van der Waals surface area contributed by atoms with Crippen LogP contribution in [0.15, 0.2) is 48.7 Å². The van der Waals surface area contributed by atoms with E-state index < -0.39 is 29.1 Å². The molecule has 0 radical (unpaired) electrons. The molecule has 0 atom stereocenters. The number of carbonyl (C=O) groups is 2. The maximum absolute atomic E-state index is 14.1. The van der Waals surface area contributed by atoms with Crippen LogP contribution in [0.5, 0.6) is 5.75 Å². The first-order valence-corrected chi connectivity index (χ1v) is 9.07. The summed E-state index contributed by atoms with van der Waals surface area (Å²) in [6.07, 6.45) is 2.23. The normalized spacial score (nSPS) is 11.5. The van der Waals surface area contributed by atoms with Gasteiger partial charge in [-0.15, -0.1) is 0 Å². The molecule has 156 valence electrons. The number of rotatable bonds is 7. The number of aliphatic hydroxyl groups excluding tert-OH is 1. The van der Waals surface area contributed by atoms with E-state index in [0.29, 0.717) is 16.7 Å². The number of halogens is 2. The van der Waals surface area contributed by atoms with Crippen molar-refractivity contribution in [3.05, 3.63) is 71.4 Å². The average Bonchev–Trinajstić information content (AvgIpc) is 3.09. The van der Waals surface area contributed by atoms with E-state index >= 15 is 0 Å². The monoisotopic (exact) mass is 415 g/mol. The number of nitrogens with zero attached hydrogens (tertiary/aromatic N) is 1. The van der Waals surface area contributed by atoms with Gasteiger partial charge in [-0.25, -0.2) is 13.6 Å². The summed E-state index contributed by atoms with van der Waals surface area (Å²) in [4.78, 5) is 23.5. The molecule has 0 saturated heterocycles. The maximum Gasteiger partial charge on any atom is 0.379 e. The Labute approximate surface area is 170 Å². The number of benzene rings is 2. The van der Waals surface area contributed by atoms with Crippen molar-refractivity contribution >= 4 is 28.4 Å². The highest BCUT2D eigenvalue weighted by molar-refractivity contribution is 6.39. The topological polar surface area (TPSA) is 77.8 Å². The largest absolute Gasteiger partial charge is 0.507 e. The number of methoxy groups -OCH3 is 1. The number of ether oxygens (including phenoxy) is 2. The minimum Gasteiger partial charge on any atom is -0.507 e. The van der Waals surface area contributed by atoms with E-state index in [1.54, 1.807) is 29.7 Å². The molecule has 1 N–H and O–H groups in total. The molecule has 0 amide bonds. The second-order valence-electron chi connectivity index (χ2n) is 6.38. The van der Waals surface area contributed by atoms with Crippen LogP contribution in [0.3, 0.4) is 0 Å². The van der Waals surface area contributed by atoms with Crippen molar-refractivity contribution in [1.82, 2.24) is 4.57 Å². The SMILES string of the molecule is CCOC(=O)C(=O)/C=C(\O)c1cn(Cc2cc(F)ccc2F)c2cccc(OC)c12. The Balaban J connectivity index is 2.12. The predicted octanol–water partition coefficient (Wildman–Crippen LogP) is 4.01. The van der Waals surface area contributed by atoms with Crippen LogP contribution in [0.4, 0.5) is 8.78 Å². The first-order chi connectivity index (χ1) is 14.3. The van der Waals surface area contributed by atoms with Crippen LogP contribution in [-0.2, 0) is 20.9 Å². The van der Waals surface area contributed by atoms with Gasteiger partial charge in [0.25, 0.3) is 5.78 Å². The van der Waals surface area contributed by atoms with Crippen LogP contribution in [0.2, 0.25) is 0 Å². The van der Waals surface area contributed by atoms with E-state index in [9.17, 15) is 23.5 Å². The third-order valence-corrected chi connectivity index (χ3v) is 4.46. The van der Waals surface area contributed by atoms with Crippen LogP contribution in [0.25, 0.3) is 16.7 Å². The molecule has 0 aliphatic heterocycles. The smallest absolute Gasteiger partial charge is 0.379 e. The van der Waals surface area contributed by atoms with Crippen LogP contribution in [0, 0.1) is 11.6 Å². The summed E-state index contributed by atoms with van der Waals surface area (Å²) in [6.45, 7) is 1.54. The van der Waals surface area contributed by atoms with Gasteiger partial charge in [0.2, 0.25) is 0 Å². The Kier molecular flexibility index (Phi) is 6.15. The molecule has 0 aliphatic carbocycles. The molecule has 0 saturated carbocycles. The number of hydrogen-bond donors (Lipinski definition) is 1. The fourth-order valence-electron chi connectivity index (χ4n) is 3.13. The van der Waals surface area contributed by atoms with Crippen molar-refractivity contribution in [2.24, 2.45) is 0 Å². The van der Waals surface area contributed by atoms with E-state index in [0.717, 1.165) is 24.3 Å². The zero-order valence-electron chi connectivity index (χ0n) is 16.3. The zero-order valence-corrected chi connectivity index (χ0v) is 16.3. The number of carbonyl (C=O) groups excluding carboxylic acids is 2. The fraction of sp³-hybridized carbons (Fsp3) is 0.182. The molecule has 8 heteroatoms. The van der Waals surface area contributed by atoms with Gasteiger partial charge in [-0.2, -0.15) is 0 Å². The summed E-state index contributed by atoms with van der Waals surface area (Å²) in [6, 6.07) is 8.21. The zero-order chi connectivity index (χ0) is 21.8. The predicted molar refractivity (Wildman–Crippen MR) is 106 cm³/mol. The molecule has 0 fully saturated rings. The molecular weight excluding hydrogens is 396 g/mol. The van der Waals surface area contributed by atoms with E-state index in [1.807, 2.05) is 0 Å². The van der Waals surface area contributed by atoms with Gasteiger partial charge in [0, 0.05) is 23.4 Å². The minimum atomic E-state index is -1.10. The van der Waals surface area contributed by atoms with Gasteiger partial charge in [0.15, 0.2) is 0 Å². The molecule has 0 aliphatic rings. The Bertz CT molecular complexity index is 1150. The lowest BCUT2D eigenvalue weighted by Gasteiger charge is -2.08. The lowest BCUT2D eigenvalue weighted by atomic mass is 10.1. The summed E-state index contributed by atoms with van der Waals surface area (Å²) in [5, 5.41) is 11.0. The van der Waals surface area contributed by atoms with Gasteiger partial charge in [-0.05, 0) is 37.3 Å². The van der Waals surface area contributed by atoms with E-state index in [2.05, 4.69) is 4.74 Å².